The third kappa shape index (κ3) is 4.39. The number of halogens is 1. The molecule has 1 aliphatic heterocycles. The highest BCUT2D eigenvalue weighted by atomic mass is 35.5. The maximum atomic E-state index is 12.4. The molecule has 1 amide bonds. The molecule has 3 heterocycles. The van der Waals surface area contributed by atoms with E-state index in [-0.39, 0.29) is 5.91 Å². The Kier molecular flexibility index (Phi) is 6.03. The van der Waals surface area contributed by atoms with Crippen LogP contribution >= 0.6 is 23.4 Å². The summed E-state index contributed by atoms with van der Waals surface area (Å²) in [6.45, 7) is 6.46. The van der Waals surface area contributed by atoms with Gasteiger partial charge < -0.3 is 9.64 Å². The summed E-state index contributed by atoms with van der Waals surface area (Å²) in [7, 11) is 0. The third-order valence-electron chi connectivity index (χ3n) is 5.04. The number of hydrogen-bond donors (Lipinski definition) is 0. The number of aromatic nitrogens is 4. The molecule has 1 aliphatic rings. The van der Waals surface area contributed by atoms with Crippen LogP contribution in [-0.4, -0.2) is 62.4 Å². The van der Waals surface area contributed by atoms with E-state index in [4.69, 9.17) is 16.3 Å². The van der Waals surface area contributed by atoms with E-state index in [0.29, 0.717) is 49.4 Å². The van der Waals surface area contributed by atoms with Crippen LogP contribution in [0.5, 0.6) is 0 Å². The highest BCUT2D eigenvalue weighted by Gasteiger charge is 2.19. The summed E-state index contributed by atoms with van der Waals surface area (Å²) in [5, 5.41) is 5.86. The molecule has 29 heavy (non-hydrogen) atoms. The average Bonchev–Trinajstić information content (AvgIpc) is 3.14. The highest BCUT2D eigenvalue weighted by Crippen LogP contribution is 2.24. The molecule has 0 unspecified atom stereocenters. The number of rotatable bonds is 5. The Labute approximate surface area is 178 Å². The summed E-state index contributed by atoms with van der Waals surface area (Å²) in [4.78, 5) is 23.3. The topological polar surface area (TPSA) is 72.6 Å². The summed E-state index contributed by atoms with van der Waals surface area (Å²) in [5.41, 5.74) is 4.01. The molecule has 7 nitrogen and oxygen atoms in total. The molecule has 1 saturated heterocycles. The quantitative estimate of drug-likeness (QED) is 0.578. The minimum absolute atomic E-state index is 0.0810. The van der Waals surface area contributed by atoms with Crippen molar-refractivity contribution >= 4 is 35.0 Å². The lowest BCUT2D eigenvalue weighted by Crippen LogP contribution is -2.41. The average molecular weight is 432 g/mol. The van der Waals surface area contributed by atoms with Crippen molar-refractivity contribution in [3.63, 3.8) is 0 Å². The van der Waals surface area contributed by atoms with Gasteiger partial charge in [0.15, 0.2) is 0 Å². The second kappa shape index (κ2) is 8.69. The van der Waals surface area contributed by atoms with Crippen LogP contribution in [-0.2, 0) is 16.0 Å². The predicted octanol–water partition coefficient (Wildman–Crippen LogP) is 2.94. The van der Waals surface area contributed by atoms with Gasteiger partial charge >= 0.3 is 0 Å². The number of amides is 1. The molecule has 0 N–H and O–H groups in total. The minimum atomic E-state index is 0.0810. The van der Waals surface area contributed by atoms with E-state index in [0.717, 1.165) is 27.5 Å². The van der Waals surface area contributed by atoms with Gasteiger partial charge in [0.1, 0.15) is 0 Å². The first-order valence-corrected chi connectivity index (χ1v) is 10.8. The molecule has 9 heteroatoms. The Morgan fingerprint density at radius 3 is 2.72 bits per heavy atom. The zero-order valence-corrected chi connectivity index (χ0v) is 18.0. The highest BCUT2D eigenvalue weighted by molar-refractivity contribution is 7.99. The van der Waals surface area contributed by atoms with Crippen molar-refractivity contribution in [3.8, 4) is 0 Å². The molecule has 0 saturated carbocycles. The van der Waals surface area contributed by atoms with Crippen LogP contribution < -0.4 is 0 Å². The van der Waals surface area contributed by atoms with Crippen molar-refractivity contribution in [2.24, 2.45) is 0 Å². The number of carbonyl (C=O) groups is 1. The van der Waals surface area contributed by atoms with Gasteiger partial charge in [0.25, 0.3) is 5.78 Å². The van der Waals surface area contributed by atoms with Gasteiger partial charge in [-0.2, -0.15) is 4.98 Å². The number of benzene rings is 1. The van der Waals surface area contributed by atoms with Gasteiger partial charge in [0, 0.05) is 35.9 Å². The number of ether oxygens (including phenoxy) is 1. The second-order valence-electron chi connectivity index (χ2n) is 6.92. The molecular formula is C20H22ClN5O2S. The molecule has 0 bridgehead atoms. The van der Waals surface area contributed by atoms with Crippen molar-refractivity contribution in [2.45, 2.75) is 25.4 Å². The molecule has 1 aromatic carbocycles. The van der Waals surface area contributed by atoms with Crippen LogP contribution in [0.4, 0.5) is 0 Å². The molecule has 0 aliphatic carbocycles. The van der Waals surface area contributed by atoms with Crippen LogP contribution in [0.3, 0.4) is 0 Å². The molecule has 0 spiro atoms. The van der Waals surface area contributed by atoms with Crippen LogP contribution in [0.2, 0.25) is 5.02 Å². The zero-order chi connectivity index (χ0) is 20.4. The van der Waals surface area contributed by atoms with Gasteiger partial charge in [-0.05, 0) is 31.0 Å². The number of nitrogens with zero attached hydrogens (tertiary/aromatic N) is 5. The first-order chi connectivity index (χ1) is 14.0. The van der Waals surface area contributed by atoms with E-state index in [1.54, 1.807) is 4.52 Å². The SMILES string of the molecule is Cc1nc2nc(SCC(=O)N3CCOCC3)nn2c(C)c1Cc1ccccc1Cl. The molecule has 152 valence electrons. The van der Waals surface area contributed by atoms with Crippen LogP contribution in [0.15, 0.2) is 29.4 Å². The molecule has 0 radical (unpaired) electrons. The second-order valence-corrected chi connectivity index (χ2v) is 8.27. The number of fused-ring (bicyclic) bond motifs is 1. The van der Waals surface area contributed by atoms with E-state index in [1.807, 2.05) is 43.0 Å². The fourth-order valence-corrected chi connectivity index (χ4v) is 4.29. The fraction of sp³-hybridized carbons (Fsp3) is 0.400. The van der Waals surface area contributed by atoms with E-state index in [2.05, 4.69) is 15.1 Å². The summed E-state index contributed by atoms with van der Waals surface area (Å²) in [6.07, 6.45) is 0.679. The standard InChI is InChI=1S/C20H22ClN5O2S/c1-13-16(11-15-5-3-4-6-17(15)21)14(2)26-19(22-13)23-20(24-26)29-12-18(27)25-7-9-28-10-8-25/h3-6H,7-12H2,1-2H3. The van der Waals surface area contributed by atoms with Crippen molar-refractivity contribution in [1.82, 2.24) is 24.5 Å². The van der Waals surface area contributed by atoms with Crippen molar-refractivity contribution in [1.29, 1.82) is 0 Å². The normalized spacial score (nSPS) is 14.5. The molecule has 0 atom stereocenters. The summed E-state index contributed by atoms with van der Waals surface area (Å²) >= 11 is 7.67. The Bertz CT molecular complexity index is 1050. The zero-order valence-electron chi connectivity index (χ0n) is 16.4. The molecular weight excluding hydrogens is 410 g/mol. The first kappa shape index (κ1) is 20.1. The maximum Gasteiger partial charge on any atom is 0.253 e. The molecule has 4 rings (SSSR count). The van der Waals surface area contributed by atoms with E-state index in [1.165, 1.54) is 11.8 Å². The molecule has 2 aromatic heterocycles. The Hall–Kier alpha value is -2.16. The first-order valence-electron chi connectivity index (χ1n) is 9.47. The monoisotopic (exact) mass is 431 g/mol. The van der Waals surface area contributed by atoms with Gasteiger partial charge in [0.2, 0.25) is 11.1 Å². The largest absolute Gasteiger partial charge is 0.378 e. The summed E-state index contributed by atoms with van der Waals surface area (Å²) in [5.74, 6) is 0.933. The lowest BCUT2D eigenvalue weighted by Gasteiger charge is -2.26. The summed E-state index contributed by atoms with van der Waals surface area (Å²) in [6, 6.07) is 7.81. The van der Waals surface area contributed by atoms with Gasteiger partial charge in [-0.15, -0.1) is 5.10 Å². The number of aryl methyl sites for hydroxylation is 2. The fourth-order valence-electron chi connectivity index (χ4n) is 3.37. The van der Waals surface area contributed by atoms with Gasteiger partial charge in [-0.1, -0.05) is 41.6 Å². The lowest BCUT2D eigenvalue weighted by molar-refractivity contribution is -0.132. The Morgan fingerprint density at radius 1 is 1.21 bits per heavy atom. The van der Waals surface area contributed by atoms with Crippen molar-refractivity contribution in [3.05, 3.63) is 51.8 Å². The van der Waals surface area contributed by atoms with Crippen molar-refractivity contribution in [2.75, 3.05) is 32.1 Å². The van der Waals surface area contributed by atoms with Crippen LogP contribution in [0, 0.1) is 13.8 Å². The Morgan fingerprint density at radius 2 is 1.97 bits per heavy atom. The third-order valence-corrected chi connectivity index (χ3v) is 6.23. The van der Waals surface area contributed by atoms with E-state index in [9.17, 15) is 4.79 Å². The van der Waals surface area contributed by atoms with Gasteiger partial charge in [-0.3, -0.25) is 4.79 Å². The maximum absolute atomic E-state index is 12.4. The number of morpholine rings is 1. The van der Waals surface area contributed by atoms with Crippen molar-refractivity contribution < 1.29 is 9.53 Å². The van der Waals surface area contributed by atoms with Gasteiger partial charge in [0.05, 0.1) is 19.0 Å². The smallest absolute Gasteiger partial charge is 0.253 e. The van der Waals surface area contributed by atoms with Crippen LogP contribution in [0.25, 0.3) is 5.78 Å². The van der Waals surface area contributed by atoms with Crippen LogP contribution in [0.1, 0.15) is 22.5 Å². The molecule has 3 aromatic rings. The number of hydrogen-bond acceptors (Lipinski definition) is 6. The number of carbonyl (C=O) groups excluding carboxylic acids is 1. The van der Waals surface area contributed by atoms with E-state index >= 15 is 0 Å². The lowest BCUT2D eigenvalue weighted by atomic mass is 10.0. The molecule has 1 fully saturated rings. The predicted molar refractivity (Wildman–Crippen MR) is 113 cm³/mol. The summed E-state index contributed by atoms with van der Waals surface area (Å²) < 4.78 is 7.04. The van der Waals surface area contributed by atoms with Gasteiger partial charge in [-0.25, -0.2) is 9.50 Å². The Balaban J connectivity index is 1.54. The van der Waals surface area contributed by atoms with E-state index < -0.39 is 0 Å². The minimum Gasteiger partial charge on any atom is -0.378 e. The number of thioether (sulfide) groups is 1.